The summed E-state index contributed by atoms with van der Waals surface area (Å²) in [6.45, 7) is 4.46. The molecular formula is C15H22O2. The quantitative estimate of drug-likeness (QED) is 0.745. The number of aliphatic carboxylic acids is 1. The predicted molar refractivity (Wildman–Crippen MR) is 66.4 cm³/mol. The number of carbonyl (C=O) groups is 1. The van der Waals surface area contributed by atoms with Gasteiger partial charge in [0.2, 0.25) is 0 Å². The van der Waals surface area contributed by atoms with E-state index in [1.54, 1.807) is 0 Å². The zero-order valence-corrected chi connectivity index (χ0v) is 10.7. The van der Waals surface area contributed by atoms with E-state index in [0.717, 1.165) is 18.3 Å². The highest BCUT2D eigenvalue weighted by atomic mass is 16.4. The summed E-state index contributed by atoms with van der Waals surface area (Å²) in [4.78, 5) is 11.3. The highest BCUT2D eigenvalue weighted by Crippen LogP contribution is 2.64. The van der Waals surface area contributed by atoms with Crippen LogP contribution in [0.3, 0.4) is 0 Å². The lowest BCUT2D eigenvalue weighted by molar-refractivity contribution is -0.144. The first-order valence-corrected chi connectivity index (χ1v) is 6.99. The fourth-order valence-corrected chi connectivity index (χ4v) is 5.38. The van der Waals surface area contributed by atoms with Gasteiger partial charge in [0, 0.05) is 0 Å². The number of carboxylic acids is 1. The van der Waals surface area contributed by atoms with E-state index >= 15 is 0 Å². The lowest BCUT2D eigenvalue weighted by atomic mass is 9.71. The average Bonchev–Trinajstić information content (AvgIpc) is 2.90. The number of hydrogen-bond acceptors (Lipinski definition) is 1. The third-order valence-electron chi connectivity index (χ3n) is 5.68. The molecule has 0 aromatic heterocycles. The van der Waals surface area contributed by atoms with Gasteiger partial charge in [-0.25, -0.2) is 0 Å². The second-order valence-corrected chi connectivity index (χ2v) is 6.40. The Balaban J connectivity index is 1.88. The molecule has 3 aliphatic carbocycles. The van der Waals surface area contributed by atoms with Crippen molar-refractivity contribution in [2.45, 2.75) is 33.1 Å². The van der Waals surface area contributed by atoms with Crippen molar-refractivity contribution in [2.75, 3.05) is 0 Å². The molecule has 3 fully saturated rings. The summed E-state index contributed by atoms with van der Waals surface area (Å²) in [6, 6.07) is 0. The molecule has 0 radical (unpaired) electrons. The molecule has 0 spiro atoms. The molecule has 0 aromatic carbocycles. The zero-order chi connectivity index (χ0) is 12.2. The summed E-state index contributed by atoms with van der Waals surface area (Å²) in [5.41, 5.74) is 0. The fraction of sp³-hybridized carbons (Fsp3) is 0.800. The first-order valence-electron chi connectivity index (χ1n) is 6.99. The molecule has 3 saturated carbocycles. The number of rotatable bonds is 2. The van der Waals surface area contributed by atoms with Gasteiger partial charge in [-0.1, -0.05) is 19.1 Å². The van der Waals surface area contributed by atoms with Crippen molar-refractivity contribution in [3.63, 3.8) is 0 Å². The fourth-order valence-electron chi connectivity index (χ4n) is 5.38. The summed E-state index contributed by atoms with van der Waals surface area (Å²) in [5, 5.41) is 9.32. The molecule has 1 N–H and O–H groups in total. The van der Waals surface area contributed by atoms with Gasteiger partial charge in [0.25, 0.3) is 0 Å². The number of carboxylic acid groups (broad SMARTS) is 1. The van der Waals surface area contributed by atoms with E-state index < -0.39 is 5.97 Å². The van der Waals surface area contributed by atoms with Gasteiger partial charge in [-0.05, 0) is 61.7 Å². The van der Waals surface area contributed by atoms with Crippen LogP contribution in [0.1, 0.15) is 33.1 Å². The molecule has 0 heterocycles. The van der Waals surface area contributed by atoms with Crippen molar-refractivity contribution in [3.8, 4) is 0 Å². The molecule has 17 heavy (non-hydrogen) atoms. The van der Waals surface area contributed by atoms with Gasteiger partial charge in [-0.2, -0.15) is 0 Å². The van der Waals surface area contributed by atoms with E-state index in [9.17, 15) is 9.90 Å². The minimum atomic E-state index is -0.547. The monoisotopic (exact) mass is 234 g/mol. The van der Waals surface area contributed by atoms with E-state index in [1.807, 2.05) is 0 Å². The van der Waals surface area contributed by atoms with Crippen LogP contribution in [0.25, 0.3) is 0 Å². The maximum atomic E-state index is 11.3. The highest BCUT2D eigenvalue weighted by molar-refractivity contribution is 5.71. The second kappa shape index (κ2) is 3.86. The van der Waals surface area contributed by atoms with Crippen molar-refractivity contribution in [2.24, 2.45) is 41.4 Å². The van der Waals surface area contributed by atoms with E-state index in [1.165, 1.54) is 12.8 Å². The highest BCUT2D eigenvalue weighted by Gasteiger charge is 2.60. The van der Waals surface area contributed by atoms with Gasteiger partial charge in [0.1, 0.15) is 0 Å². The van der Waals surface area contributed by atoms with E-state index in [-0.39, 0.29) is 5.92 Å². The molecular weight excluding hydrogens is 212 g/mol. The van der Waals surface area contributed by atoms with Crippen LogP contribution in [0, 0.1) is 41.4 Å². The predicted octanol–water partition coefficient (Wildman–Crippen LogP) is 3.19. The summed E-state index contributed by atoms with van der Waals surface area (Å²) < 4.78 is 0. The molecule has 0 saturated heterocycles. The minimum Gasteiger partial charge on any atom is -0.481 e. The Morgan fingerprint density at radius 3 is 2.65 bits per heavy atom. The molecule has 7 atom stereocenters. The Morgan fingerprint density at radius 1 is 1.24 bits per heavy atom. The van der Waals surface area contributed by atoms with Gasteiger partial charge in [-0.15, -0.1) is 0 Å². The second-order valence-electron chi connectivity index (χ2n) is 6.40. The number of hydrogen-bond donors (Lipinski definition) is 1. The minimum absolute atomic E-state index is 0.0423. The normalized spacial score (nSPS) is 52.2. The maximum Gasteiger partial charge on any atom is 0.306 e. The molecule has 94 valence electrons. The summed E-state index contributed by atoms with van der Waals surface area (Å²) in [6.07, 6.45) is 7.90. The Hall–Kier alpha value is -0.790. The van der Waals surface area contributed by atoms with Crippen LogP contribution in [0.4, 0.5) is 0 Å². The van der Waals surface area contributed by atoms with Gasteiger partial charge in [0.05, 0.1) is 5.92 Å². The van der Waals surface area contributed by atoms with Crippen molar-refractivity contribution in [1.82, 2.24) is 0 Å². The van der Waals surface area contributed by atoms with Crippen LogP contribution >= 0.6 is 0 Å². The summed E-state index contributed by atoms with van der Waals surface area (Å²) in [5.74, 6) is 3.51. The maximum absolute atomic E-state index is 11.3. The molecule has 2 heteroatoms. The SMILES string of the molecule is C/C=C/C1CC(C)C2C3CC(C(=O)O)C(C3)C12. The van der Waals surface area contributed by atoms with E-state index in [4.69, 9.17) is 0 Å². The Bertz CT molecular complexity index is 360. The van der Waals surface area contributed by atoms with E-state index in [2.05, 4.69) is 26.0 Å². The number of fused-ring (bicyclic) bond motifs is 5. The van der Waals surface area contributed by atoms with Crippen molar-refractivity contribution < 1.29 is 9.90 Å². The molecule has 2 nitrogen and oxygen atoms in total. The van der Waals surface area contributed by atoms with Crippen LogP contribution in [0.15, 0.2) is 12.2 Å². The molecule has 2 bridgehead atoms. The Kier molecular flexibility index (Phi) is 2.57. The van der Waals surface area contributed by atoms with Gasteiger partial charge in [-0.3, -0.25) is 4.79 Å². The first-order chi connectivity index (χ1) is 8.13. The summed E-state index contributed by atoms with van der Waals surface area (Å²) in [7, 11) is 0. The first kappa shape index (κ1) is 11.3. The molecule has 0 amide bonds. The molecule has 3 rings (SSSR count). The number of allylic oxidation sites excluding steroid dienone is 2. The lowest BCUT2D eigenvalue weighted by Gasteiger charge is -2.33. The van der Waals surface area contributed by atoms with Gasteiger partial charge < -0.3 is 5.11 Å². The Labute approximate surface area is 103 Å². The molecule has 0 aromatic rings. The van der Waals surface area contributed by atoms with Gasteiger partial charge in [0.15, 0.2) is 0 Å². The topological polar surface area (TPSA) is 37.3 Å². The van der Waals surface area contributed by atoms with Crippen LogP contribution in [-0.2, 0) is 4.79 Å². The third-order valence-corrected chi connectivity index (χ3v) is 5.68. The zero-order valence-electron chi connectivity index (χ0n) is 10.7. The Morgan fingerprint density at radius 2 is 2.00 bits per heavy atom. The van der Waals surface area contributed by atoms with Crippen LogP contribution in [0.5, 0.6) is 0 Å². The summed E-state index contributed by atoms with van der Waals surface area (Å²) >= 11 is 0. The van der Waals surface area contributed by atoms with E-state index in [0.29, 0.717) is 23.7 Å². The largest absolute Gasteiger partial charge is 0.481 e. The van der Waals surface area contributed by atoms with Crippen molar-refractivity contribution in [3.05, 3.63) is 12.2 Å². The smallest absolute Gasteiger partial charge is 0.306 e. The molecule has 3 aliphatic rings. The van der Waals surface area contributed by atoms with Gasteiger partial charge >= 0.3 is 5.97 Å². The molecule has 7 unspecified atom stereocenters. The van der Waals surface area contributed by atoms with Crippen LogP contribution in [0.2, 0.25) is 0 Å². The van der Waals surface area contributed by atoms with Crippen LogP contribution in [-0.4, -0.2) is 11.1 Å². The third kappa shape index (κ3) is 1.49. The van der Waals surface area contributed by atoms with Crippen LogP contribution < -0.4 is 0 Å². The molecule has 0 aliphatic heterocycles. The van der Waals surface area contributed by atoms with Crippen molar-refractivity contribution >= 4 is 5.97 Å². The average molecular weight is 234 g/mol. The van der Waals surface area contributed by atoms with Crippen molar-refractivity contribution in [1.29, 1.82) is 0 Å². The lowest BCUT2D eigenvalue weighted by Crippen LogP contribution is -2.33. The standard InChI is InChI=1S/C15H22O2/c1-3-4-9-5-8(2)13-10-6-11(14(9)13)12(7-10)15(16)17/h3-4,8-14H,5-7H2,1-2H3,(H,16,17)/b4-3+.